The predicted molar refractivity (Wildman–Crippen MR) is 77.9 cm³/mol. The number of anilines is 2. The summed E-state index contributed by atoms with van der Waals surface area (Å²) in [5.41, 5.74) is 1.80. The predicted octanol–water partition coefficient (Wildman–Crippen LogP) is 2.74. The van der Waals surface area contributed by atoms with E-state index in [0.29, 0.717) is 11.8 Å². The fraction of sp³-hybridized carbons (Fsp3) is 0.125. The Morgan fingerprint density at radius 3 is 2.68 bits per heavy atom. The van der Waals surface area contributed by atoms with Crippen LogP contribution < -0.4 is 10.2 Å². The van der Waals surface area contributed by atoms with E-state index in [-0.39, 0.29) is 17.9 Å². The topological polar surface area (TPSA) is 49.4 Å². The molecule has 2 amide bonds. The van der Waals surface area contributed by atoms with E-state index in [4.69, 9.17) is 0 Å². The van der Waals surface area contributed by atoms with E-state index in [0.717, 1.165) is 23.4 Å². The third-order valence-electron chi connectivity index (χ3n) is 3.59. The first-order chi connectivity index (χ1) is 10.5. The molecular weight excluding hydrogens is 290 g/mol. The number of nitrogens with zero attached hydrogens (tertiary/aromatic N) is 1. The maximum atomic E-state index is 13.6. The van der Waals surface area contributed by atoms with Crippen molar-refractivity contribution in [2.75, 3.05) is 17.3 Å². The zero-order chi connectivity index (χ0) is 15.9. The van der Waals surface area contributed by atoms with Crippen molar-refractivity contribution in [1.29, 1.82) is 0 Å². The van der Waals surface area contributed by atoms with E-state index < -0.39 is 17.5 Å². The van der Waals surface area contributed by atoms with Crippen molar-refractivity contribution in [2.45, 2.75) is 6.42 Å². The van der Waals surface area contributed by atoms with Gasteiger partial charge in [0.05, 0.1) is 12.0 Å². The van der Waals surface area contributed by atoms with Gasteiger partial charge in [-0.15, -0.1) is 0 Å². The molecule has 2 aromatic rings. The highest BCUT2D eigenvalue weighted by Crippen LogP contribution is 2.30. The highest BCUT2D eigenvalue weighted by Gasteiger charge is 2.24. The second-order valence-electron chi connectivity index (χ2n) is 5.05. The number of hydrogen-bond donors (Lipinski definition) is 1. The molecule has 2 aromatic carbocycles. The van der Waals surface area contributed by atoms with E-state index in [1.807, 2.05) is 0 Å². The number of hydrogen-bond acceptors (Lipinski definition) is 2. The number of carbonyl (C=O) groups is 2. The van der Waals surface area contributed by atoms with Gasteiger partial charge in [-0.25, -0.2) is 8.78 Å². The first-order valence-electron chi connectivity index (χ1n) is 6.61. The monoisotopic (exact) mass is 302 g/mol. The van der Waals surface area contributed by atoms with Gasteiger partial charge in [-0.05, 0) is 35.9 Å². The summed E-state index contributed by atoms with van der Waals surface area (Å²) in [6, 6.07) is 7.80. The van der Waals surface area contributed by atoms with Crippen LogP contribution in [0.15, 0.2) is 36.4 Å². The summed E-state index contributed by atoms with van der Waals surface area (Å²) in [7, 11) is 1.68. The Morgan fingerprint density at radius 2 is 1.95 bits per heavy atom. The number of nitrogens with one attached hydrogen (secondary N) is 1. The Labute approximate surface area is 125 Å². The Kier molecular flexibility index (Phi) is 3.36. The standard InChI is InChI=1S/C16H12F2N2O2/c1-20-14-5-3-11(6-9(14)7-15(20)21)19-16(22)12-4-2-10(17)8-13(12)18/h2-6,8H,7H2,1H3,(H,19,22). The minimum absolute atomic E-state index is 0.0249. The van der Waals surface area contributed by atoms with E-state index in [1.165, 1.54) is 0 Å². The summed E-state index contributed by atoms with van der Waals surface area (Å²) in [6.07, 6.45) is 0.264. The van der Waals surface area contributed by atoms with E-state index in [9.17, 15) is 18.4 Å². The second-order valence-corrected chi connectivity index (χ2v) is 5.05. The molecule has 3 rings (SSSR count). The molecule has 4 nitrogen and oxygen atoms in total. The molecule has 1 aliphatic rings. The number of rotatable bonds is 2. The summed E-state index contributed by atoms with van der Waals surface area (Å²) in [5, 5.41) is 2.55. The van der Waals surface area contributed by atoms with Crippen LogP contribution in [-0.4, -0.2) is 18.9 Å². The van der Waals surface area contributed by atoms with E-state index in [2.05, 4.69) is 5.32 Å². The van der Waals surface area contributed by atoms with Crippen LogP contribution in [0.5, 0.6) is 0 Å². The van der Waals surface area contributed by atoms with Gasteiger partial charge < -0.3 is 10.2 Å². The van der Waals surface area contributed by atoms with Gasteiger partial charge >= 0.3 is 0 Å². The van der Waals surface area contributed by atoms with Crippen molar-refractivity contribution in [3.8, 4) is 0 Å². The maximum Gasteiger partial charge on any atom is 0.258 e. The average molecular weight is 302 g/mol. The molecule has 112 valence electrons. The number of likely N-dealkylation sites (N-methyl/N-ethyl adjacent to an activating group) is 1. The second kappa shape index (κ2) is 5.22. The first-order valence-corrected chi connectivity index (χ1v) is 6.61. The highest BCUT2D eigenvalue weighted by molar-refractivity contribution is 6.05. The van der Waals surface area contributed by atoms with Crippen molar-refractivity contribution in [3.63, 3.8) is 0 Å². The maximum absolute atomic E-state index is 13.6. The van der Waals surface area contributed by atoms with Crippen LogP contribution in [0.25, 0.3) is 0 Å². The lowest BCUT2D eigenvalue weighted by Crippen LogP contribution is -2.20. The van der Waals surface area contributed by atoms with Gasteiger partial charge in [0.25, 0.3) is 5.91 Å². The zero-order valence-electron chi connectivity index (χ0n) is 11.7. The summed E-state index contributed by atoms with van der Waals surface area (Å²) < 4.78 is 26.4. The lowest BCUT2D eigenvalue weighted by atomic mass is 10.1. The van der Waals surface area contributed by atoms with Gasteiger partial charge in [0.15, 0.2) is 0 Å². The number of amides is 2. The molecule has 1 N–H and O–H groups in total. The third kappa shape index (κ3) is 2.43. The van der Waals surface area contributed by atoms with Gasteiger partial charge in [0, 0.05) is 24.5 Å². The van der Waals surface area contributed by atoms with E-state index >= 15 is 0 Å². The zero-order valence-corrected chi connectivity index (χ0v) is 11.7. The molecule has 0 bridgehead atoms. The quantitative estimate of drug-likeness (QED) is 0.927. The molecule has 0 radical (unpaired) electrons. The Bertz CT molecular complexity index is 790. The Morgan fingerprint density at radius 1 is 1.18 bits per heavy atom. The molecule has 0 spiro atoms. The SMILES string of the molecule is CN1C(=O)Cc2cc(NC(=O)c3ccc(F)cc3F)ccc21. The van der Waals surface area contributed by atoms with Crippen molar-refractivity contribution in [1.82, 2.24) is 0 Å². The molecule has 0 aliphatic carbocycles. The Hall–Kier alpha value is -2.76. The lowest BCUT2D eigenvalue weighted by Gasteiger charge is -2.11. The van der Waals surface area contributed by atoms with Crippen LogP contribution in [0, 0.1) is 11.6 Å². The largest absolute Gasteiger partial charge is 0.322 e. The van der Waals surface area contributed by atoms with Crippen LogP contribution >= 0.6 is 0 Å². The molecule has 0 atom stereocenters. The number of benzene rings is 2. The first kappa shape index (κ1) is 14.2. The number of fused-ring (bicyclic) bond motifs is 1. The number of carbonyl (C=O) groups excluding carboxylic acids is 2. The molecule has 22 heavy (non-hydrogen) atoms. The third-order valence-corrected chi connectivity index (χ3v) is 3.59. The summed E-state index contributed by atoms with van der Waals surface area (Å²) in [6.45, 7) is 0. The lowest BCUT2D eigenvalue weighted by molar-refractivity contribution is -0.117. The van der Waals surface area contributed by atoms with Gasteiger partial charge in [-0.1, -0.05) is 0 Å². The van der Waals surface area contributed by atoms with E-state index in [1.54, 1.807) is 30.1 Å². The van der Waals surface area contributed by atoms with Gasteiger partial charge in [0.1, 0.15) is 11.6 Å². The molecule has 0 saturated carbocycles. The molecule has 6 heteroatoms. The van der Waals surface area contributed by atoms with Crippen LogP contribution in [0.3, 0.4) is 0 Å². The van der Waals surface area contributed by atoms with Crippen LogP contribution in [-0.2, 0) is 11.2 Å². The molecule has 1 heterocycles. The fourth-order valence-corrected chi connectivity index (χ4v) is 2.42. The summed E-state index contributed by atoms with van der Waals surface area (Å²) in [5.74, 6) is -2.36. The highest BCUT2D eigenvalue weighted by atomic mass is 19.1. The number of halogens is 2. The molecule has 1 aliphatic heterocycles. The normalized spacial score (nSPS) is 13.2. The van der Waals surface area contributed by atoms with Crippen molar-refractivity contribution < 1.29 is 18.4 Å². The minimum atomic E-state index is -0.923. The minimum Gasteiger partial charge on any atom is -0.322 e. The van der Waals surface area contributed by atoms with Gasteiger partial charge in [-0.2, -0.15) is 0 Å². The molecule has 0 saturated heterocycles. The van der Waals surface area contributed by atoms with Crippen LogP contribution in [0.2, 0.25) is 0 Å². The van der Waals surface area contributed by atoms with Gasteiger partial charge in [0.2, 0.25) is 5.91 Å². The Balaban J connectivity index is 1.84. The summed E-state index contributed by atoms with van der Waals surface area (Å²) >= 11 is 0. The van der Waals surface area contributed by atoms with Crippen molar-refractivity contribution >= 4 is 23.2 Å². The van der Waals surface area contributed by atoms with Crippen molar-refractivity contribution in [3.05, 3.63) is 59.2 Å². The average Bonchev–Trinajstić information content (AvgIpc) is 2.73. The van der Waals surface area contributed by atoms with Crippen LogP contribution in [0.4, 0.5) is 20.2 Å². The van der Waals surface area contributed by atoms with Crippen molar-refractivity contribution in [2.24, 2.45) is 0 Å². The molecule has 0 fully saturated rings. The van der Waals surface area contributed by atoms with Gasteiger partial charge in [-0.3, -0.25) is 9.59 Å². The molecular formula is C16H12F2N2O2. The summed E-state index contributed by atoms with van der Waals surface area (Å²) in [4.78, 5) is 25.2. The smallest absolute Gasteiger partial charge is 0.258 e. The molecule has 0 aromatic heterocycles. The van der Waals surface area contributed by atoms with Crippen LogP contribution in [0.1, 0.15) is 15.9 Å². The fourth-order valence-electron chi connectivity index (χ4n) is 2.42. The molecule has 0 unspecified atom stereocenters.